The van der Waals surface area contributed by atoms with E-state index in [9.17, 15) is 9.59 Å². The number of rotatable bonds is 4. The van der Waals surface area contributed by atoms with Crippen LogP contribution >= 0.6 is 0 Å². The van der Waals surface area contributed by atoms with E-state index in [0.29, 0.717) is 16.8 Å². The summed E-state index contributed by atoms with van der Waals surface area (Å²) in [6.45, 7) is 1.74. The summed E-state index contributed by atoms with van der Waals surface area (Å²) < 4.78 is 5.16. The molecule has 5 heteroatoms. The van der Waals surface area contributed by atoms with Gasteiger partial charge in [0.2, 0.25) is 0 Å². The molecule has 0 saturated heterocycles. The molecule has 0 aliphatic carbocycles. The smallest absolute Gasteiger partial charge is 0.319 e. The van der Waals surface area contributed by atoms with Gasteiger partial charge in [-0.3, -0.25) is 4.79 Å². The molecule has 0 fully saturated rings. The van der Waals surface area contributed by atoms with Gasteiger partial charge in [0.05, 0.1) is 13.2 Å². The molecule has 0 radical (unpaired) electrons. The first-order valence-corrected chi connectivity index (χ1v) is 7.62. The van der Waals surface area contributed by atoms with Crippen LogP contribution in [-0.4, -0.2) is 18.9 Å². The highest BCUT2D eigenvalue weighted by atomic mass is 16.5. The van der Waals surface area contributed by atoms with Crippen LogP contribution in [-0.2, 0) is 0 Å². The minimum absolute atomic E-state index is 0.110. The zero-order valence-corrected chi connectivity index (χ0v) is 13.5. The maximum Gasteiger partial charge on any atom is 0.319 e. The molecule has 3 rings (SSSR count). The summed E-state index contributed by atoms with van der Waals surface area (Å²) in [6.07, 6.45) is 0. The Morgan fingerprint density at radius 2 is 1.71 bits per heavy atom. The number of amides is 2. The number of carbonyl (C=O) groups excluding carboxylic acids is 2. The van der Waals surface area contributed by atoms with Crippen LogP contribution in [0.2, 0.25) is 0 Å². The van der Waals surface area contributed by atoms with Crippen molar-refractivity contribution in [2.45, 2.75) is 13.0 Å². The first-order chi connectivity index (χ1) is 11.6. The third-order valence-corrected chi connectivity index (χ3v) is 4.00. The van der Waals surface area contributed by atoms with Crippen LogP contribution in [0.4, 0.5) is 4.79 Å². The molecule has 1 atom stereocenters. The third kappa shape index (κ3) is 3.01. The lowest BCUT2D eigenvalue weighted by molar-refractivity contribution is 0.102. The monoisotopic (exact) mass is 322 g/mol. The fourth-order valence-corrected chi connectivity index (χ4v) is 2.79. The summed E-state index contributed by atoms with van der Waals surface area (Å²) in [4.78, 5) is 24.8. The van der Waals surface area contributed by atoms with Crippen molar-refractivity contribution in [1.29, 1.82) is 0 Å². The van der Waals surface area contributed by atoms with E-state index in [-0.39, 0.29) is 11.8 Å². The van der Waals surface area contributed by atoms with Gasteiger partial charge in [-0.1, -0.05) is 42.5 Å². The Morgan fingerprint density at radius 3 is 2.33 bits per heavy atom. The molecule has 2 N–H and O–H groups in total. The molecule has 2 amide bonds. The molecule has 1 heterocycles. The Bertz CT molecular complexity index is 795. The normalized spacial score (nSPS) is 17.1. The molecule has 5 nitrogen and oxygen atoms in total. The van der Waals surface area contributed by atoms with Gasteiger partial charge in [0.25, 0.3) is 0 Å². The highest BCUT2D eigenvalue weighted by Gasteiger charge is 2.31. The van der Waals surface area contributed by atoms with Gasteiger partial charge >= 0.3 is 6.03 Å². The number of carbonyl (C=O) groups is 2. The van der Waals surface area contributed by atoms with Crippen molar-refractivity contribution in [3.63, 3.8) is 0 Å². The molecule has 0 bridgehead atoms. The standard InChI is InChI=1S/C19H18N2O3/c1-12-16(18(22)14-6-4-3-5-7-14)17(21-19(23)20-12)13-8-10-15(24-2)11-9-13/h3-11,17H,1-2H3,(H2,20,21,23). The summed E-state index contributed by atoms with van der Waals surface area (Å²) in [5, 5.41) is 5.52. The Balaban J connectivity index is 2.03. The van der Waals surface area contributed by atoms with Crippen molar-refractivity contribution in [2.75, 3.05) is 7.11 Å². The summed E-state index contributed by atoms with van der Waals surface area (Å²) in [5.74, 6) is 0.608. The number of ketones is 1. The highest BCUT2D eigenvalue weighted by Crippen LogP contribution is 2.30. The van der Waals surface area contributed by atoms with Gasteiger partial charge in [-0.15, -0.1) is 0 Å². The van der Waals surface area contributed by atoms with Crippen LogP contribution in [0, 0.1) is 0 Å². The average molecular weight is 322 g/mol. The fourth-order valence-electron chi connectivity index (χ4n) is 2.79. The number of Topliss-reactive ketones (excluding diaryl/α,β-unsaturated/α-hetero) is 1. The van der Waals surface area contributed by atoms with Crippen LogP contribution in [0.3, 0.4) is 0 Å². The second-order valence-electron chi connectivity index (χ2n) is 5.54. The van der Waals surface area contributed by atoms with E-state index < -0.39 is 6.04 Å². The Hall–Kier alpha value is -3.08. The summed E-state index contributed by atoms with van der Waals surface area (Å²) in [6, 6.07) is 15.5. The highest BCUT2D eigenvalue weighted by molar-refractivity contribution is 6.11. The van der Waals surface area contributed by atoms with Crippen LogP contribution in [0.1, 0.15) is 28.9 Å². The number of allylic oxidation sites excluding steroid dienone is 1. The van der Waals surface area contributed by atoms with E-state index in [4.69, 9.17) is 4.74 Å². The van der Waals surface area contributed by atoms with Gasteiger partial charge in [0.1, 0.15) is 5.75 Å². The van der Waals surface area contributed by atoms with Gasteiger partial charge < -0.3 is 15.4 Å². The van der Waals surface area contributed by atoms with Gasteiger partial charge in [-0.05, 0) is 24.6 Å². The molecule has 0 saturated carbocycles. The number of ether oxygens (including phenoxy) is 1. The number of nitrogens with one attached hydrogen (secondary N) is 2. The number of methoxy groups -OCH3 is 1. The van der Waals surface area contributed by atoms with E-state index >= 15 is 0 Å². The zero-order chi connectivity index (χ0) is 17.1. The number of hydrogen-bond acceptors (Lipinski definition) is 3. The average Bonchev–Trinajstić information content (AvgIpc) is 2.61. The maximum absolute atomic E-state index is 12.9. The van der Waals surface area contributed by atoms with Crippen LogP contribution in [0.15, 0.2) is 65.9 Å². The van der Waals surface area contributed by atoms with Crippen molar-refractivity contribution in [2.24, 2.45) is 0 Å². The molecule has 0 aromatic heterocycles. The topological polar surface area (TPSA) is 67.4 Å². The van der Waals surface area contributed by atoms with Crippen molar-refractivity contribution >= 4 is 11.8 Å². The molecular weight excluding hydrogens is 304 g/mol. The lowest BCUT2D eigenvalue weighted by Crippen LogP contribution is -2.45. The summed E-state index contributed by atoms with van der Waals surface area (Å²) in [5.41, 5.74) is 2.51. The third-order valence-electron chi connectivity index (χ3n) is 4.00. The fraction of sp³-hybridized carbons (Fsp3) is 0.158. The lowest BCUT2D eigenvalue weighted by atomic mass is 9.89. The molecule has 1 aliphatic heterocycles. The predicted octanol–water partition coefficient (Wildman–Crippen LogP) is 3.21. The first kappa shape index (κ1) is 15.8. The minimum atomic E-state index is -0.502. The second-order valence-corrected chi connectivity index (χ2v) is 5.54. The van der Waals surface area contributed by atoms with Crippen LogP contribution in [0.5, 0.6) is 5.75 Å². The van der Waals surface area contributed by atoms with Crippen molar-refractivity contribution in [3.8, 4) is 5.75 Å². The Morgan fingerprint density at radius 1 is 1.04 bits per heavy atom. The van der Waals surface area contributed by atoms with E-state index in [1.807, 2.05) is 42.5 Å². The van der Waals surface area contributed by atoms with E-state index in [0.717, 1.165) is 11.3 Å². The van der Waals surface area contributed by atoms with Crippen molar-refractivity contribution < 1.29 is 14.3 Å². The predicted molar refractivity (Wildman–Crippen MR) is 90.9 cm³/mol. The molecular formula is C19H18N2O3. The zero-order valence-electron chi connectivity index (χ0n) is 13.5. The molecule has 2 aromatic carbocycles. The minimum Gasteiger partial charge on any atom is -0.497 e. The maximum atomic E-state index is 12.9. The largest absolute Gasteiger partial charge is 0.497 e. The van der Waals surface area contributed by atoms with Crippen LogP contribution in [0.25, 0.3) is 0 Å². The molecule has 1 aliphatic rings. The SMILES string of the molecule is COc1ccc(C2NC(=O)NC(C)=C2C(=O)c2ccccc2)cc1. The summed E-state index contributed by atoms with van der Waals surface area (Å²) >= 11 is 0. The van der Waals surface area contributed by atoms with Crippen molar-refractivity contribution in [1.82, 2.24) is 10.6 Å². The molecule has 2 aromatic rings. The quantitative estimate of drug-likeness (QED) is 0.849. The van der Waals surface area contributed by atoms with Gasteiger partial charge in [0, 0.05) is 16.8 Å². The molecule has 24 heavy (non-hydrogen) atoms. The van der Waals surface area contributed by atoms with Crippen molar-refractivity contribution in [3.05, 3.63) is 77.0 Å². The Kier molecular flexibility index (Phi) is 4.33. The number of hydrogen-bond donors (Lipinski definition) is 2. The molecule has 122 valence electrons. The Labute approximate surface area is 140 Å². The lowest BCUT2D eigenvalue weighted by Gasteiger charge is -2.28. The second kappa shape index (κ2) is 6.58. The van der Waals surface area contributed by atoms with Gasteiger partial charge in [-0.25, -0.2) is 4.79 Å². The summed E-state index contributed by atoms with van der Waals surface area (Å²) in [7, 11) is 1.59. The number of benzene rings is 2. The number of urea groups is 1. The van der Waals surface area contributed by atoms with E-state index in [1.165, 1.54) is 0 Å². The van der Waals surface area contributed by atoms with Gasteiger partial charge in [0.15, 0.2) is 5.78 Å². The molecule has 0 spiro atoms. The van der Waals surface area contributed by atoms with Crippen LogP contribution < -0.4 is 15.4 Å². The van der Waals surface area contributed by atoms with E-state index in [2.05, 4.69) is 10.6 Å². The first-order valence-electron chi connectivity index (χ1n) is 7.62. The molecule has 1 unspecified atom stereocenters. The van der Waals surface area contributed by atoms with E-state index in [1.54, 1.807) is 26.2 Å². The van der Waals surface area contributed by atoms with Gasteiger partial charge in [-0.2, -0.15) is 0 Å².